The zero-order valence-corrected chi connectivity index (χ0v) is 31.5. The largest absolute Gasteiger partial charge is 0.481 e. The maximum atomic E-state index is 13.5. The molecule has 20 heteroatoms. The average Bonchev–Trinajstić information content (AvgIpc) is 3.09. The van der Waals surface area contributed by atoms with Crippen molar-refractivity contribution in [3.63, 3.8) is 0 Å². The lowest BCUT2D eigenvalue weighted by Gasteiger charge is -2.27. The van der Waals surface area contributed by atoms with Gasteiger partial charge in [0, 0.05) is 6.42 Å². The maximum Gasteiger partial charge on any atom is 0.325 e. The predicted molar refractivity (Wildman–Crippen MR) is 195 cm³/mol. The summed E-state index contributed by atoms with van der Waals surface area (Å²) in [4.78, 5) is 113. The summed E-state index contributed by atoms with van der Waals surface area (Å²) in [6.45, 7) is 6.72. The third-order valence-corrected chi connectivity index (χ3v) is 8.09. The Hall–Kier alpha value is -5.63. The number of hydrogen-bond acceptors (Lipinski definition) is 11. The van der Waals surface area contributed by atoms with Crippen LogP contribution in [0.2, 0.25) is 0 Å². The number of nitrogens with one attached hydrogen (secondary N) is 6. The van der Waals surface area contributed by atoms with Gasteiger partial charge >= 0.3 is 11.9 Å². The number of hydrogen-bond donors (Lipinski definition) is 11. The van der Waals surface area contributed by atoms with E-state index in [1.807, 2.05) is 0 Å². The van der Waals surface area contributed by atoms with Gasteiger partial charge < -0.3 is 58.7 Å². The second-order valence-electron chi connectivity index (χ2n) is 13.8. The van der Waals surface area contributed by atoms with E-state index < -0.39 is 121 Å². The van der Waals surface area contributed by atoms with Crippen LogP contribution in [0.5, 0.6) is 0 Å². The summed E-state index contributed by atoms with van der Waals surface area (Å²) < 4.78 is 0. The minimum Gasteiger partial charge on any atom is -0.481 e. The lowest BCUT2D eigenvalue weighted by atomic mass is 10.0. The smallest absolute Gasteiger partial charge is 0.325 e. The van der Waals surface area contributed by atoms with Crippen LogP contribution in [0.4, 0.5) is 0 Å². The first kappa shape index (κ1) is 47.4. The van der Waals surface area contributed by atoms with Crippen LogP contribution in [0.15, 0.2) is 30.3 Å². The van der Waals surface area contributed by atoms with Crippen LogP contribution in [-0.2, 0) is 49.6 Å². The zero-order chi connectivity index (χ0) is 42.0. The number of rotatable bonds is 24. The van der Waals surface area contributed by atoms with Crippen molar-refractivity contribution in [2.24, 2.45) is 23.3 Å². The number of aliphatic hydroxyl groups excluding tert-OH is 1. The first-order valence-electron chi connectivity index (χ1n) is 17.6. The number of carboxylic acids is 2. The number of nitrogens with two attached hydrogens (primary N) is 2. The maximum absolute atomic E-state index is 13.5. The quantitative estimate of drug-likeness (QED) is 0.0499. The number of carbonyl (C=O) groups is 9. The van der Waals surface area contributed by atoms with Gasteiger partial charge in [-0.25, -0.2) is 0 Å². The van der Waals surface area contributed by atoms with Gasteiger partial charge in [-0.2, -0.15) is 0 Å². The molecule has 0 heterocycles. The molecule has 20 nitrogen and oxygen atoms in total. The summed E-state index contributed by atoms with van der Waals surface area (Å²) in [5, 5.41) is 42.4. The van der Waals surface area contributed by atoms with Crippen LogP contribution in [-0.4, -0.2) is 118 Å². The van der Waals surface area contributed by atoms with Crippen molar-refractivity contribution in [3.8, 4) is 0 Å². The highest BCUT2D eigenvalue weighted by atomic mass is 16.4. The topological polar surface area (TPSA) is 339 Å². The summed E-state index contributed by atoms with van der Waals surface area (Å²) in [5.41, 5.74) is 12.2. The molecule has 0 fully saturated rings. The molecule has 1 aromatic carbocycles. The van der Waals surface area contributed by atoms with Crippen LogP contribution in [0.3, 0.4) is 0 Å². The van der Waals surface area contributed by atoms with E-state index in [0.29, 0.717) is 0 Å². The number of primary amides is 1. The Labute approximate surface area is 318 Å². The van der Waals surface area contributed by atoms with Crippen molar-refractivity contribution in [2.75, 3.05) is 6.61 Å². The van der Waals surface area contributed by atoms with Crippen molar-refractivity contribution >= 4 is 53.3 Å². The molecule has 0 aliphatic heterocycles. The average molecular weight is 779 g/mol. The van der Waals surface area contributed by atoms with E-state index in [9.17, 15) is 53.4 Å². The van der Waals surface area contributed by atoms with E-state index in [1.54, 1.807) is 44.2 Å². The summed E-state index contributed by atoms with van der Waals surface area (Å²) in [6, 6.07) is -1.18. The van der Waals surface area contributed by atoms with Crippen molar-refractivity contribution in [1.82, 2.24) is 31.9 Å². The predicted octanol–water partition coefficient (Wildman–Crippen LogP) is -3.00. The van der Waals surface area contributed by atoms with E-state index in [0.717, 1.165) is 5.56 Å². The SMILES string of the molecule is CC(C)C[C@H](NC(=O)[C@@H](N)Cc1ccccc1)C(=O)N[C@@H](CCC(N)=O)C(=O)N[C@@H](CO)C(=O)N[C@@H](CC(=O)O)C(=O)N[C@H](C(=O)N[C@@H](C)C(=O)O)C(C)C. The summed E-state index contributed by atoms with van der Waals surface area (Å²) >= 11 is 0. The van der Waals surface area contributed by atoms with Crippen LogP contribution in [0.1, 0.15) is 65.9 Å². The van der Waals surface area contributed by atoms with E-state index in [1.165, 1.54) is 20.8 Å². The van der Waals surface area contributed by atoms with Gasteiger partial charge in [-0.1, -0.05) is 58.0 Å². The molecular formula is C35H54N8O12. The van der Waals surface area contributed by atoms with Crippen molar-refractivity contribution in [3.05, 3.63) is 35.9 Å². The molecule has 0 aliphatic rings. The lowest BCUT2D eigenvalue weighted by Crippen LogP contribution is -2.61. The normalized spacial score (nSPS) is 14.9. The van der Waals surface area contributed by atoms with Gasteiger partial charge in [0.1, 0.15) is 36.3 Å². The molecule has 7 atom stereocenters. The fourth-order valence-corrected chi connectivity index (χ4v) is 5.05. The number of amides is 7. The summed E-state index contributed by atoms with van der Waals surface area (Å²) in [6.07, 6.45) is -1.49. The van der Waals surface area contributed by atoms with Crippen molar-refractivity contribution < 1.29 is 58.5 Å². The molecule has 13 N–H and O–H groups in total. The Morgan fingerprint density at radius 2 is 1.16 bits per heavy atom. The zero-order valence-electron chi connectivity index (χ0n) is 31.5. The van der Waals surface area contributed by atoms with E-state index in [4.69, 9.17) is 16.6 Å². The molecule has 0 spiro atoms. The minimum absolute atomic E-state index is 0.117. The molecule has 1 rings (SSSR count). The number of aliphatic hydroxyl groups is 1. The number of aliphatic carboxylic acids is 2. The highest BCUT2D eigenvalue weighted by molar-refractivity contribution is 5.98. The summed E-state index contributed by atoms with van der Waals surface area (Å²) in [7, 11) is 0. The molecule has 7 amide bonds. The summed E-state index contributed by atoms with van der Waals surface area (Å²) in [5.74, 6) is -10.3. The van der Waals surface area contributed by atoms with Crippen molar-refractivity contribution in [1.29, 1.82) is 0 Å². The molecule has 0 saturated heterocycles. The first-order valence-corrected chi connectivity index (χ1v) is 17.6. The van der Waals surface area contributed by atoms with Gasteiger partial charge in [0.05, 0.1) is 19.1 Å². The standard InChI is InChI=1S/C35H54N8O12/c1-17(2)13-23(40-29(48)21(36)14-20-9-7-6-8-10-20)31(50)39-22(11-12-26(37)45)30(49)42-25(16-44)33(52)41-24(15-27(46)47)32(51)43-28(18(3)4)34(53)38-19(5)35(54)55/h6-10,17-19,21-25,28,44H,11-16,36H2,1-5H3,(H2,37,45)(H,38,53)(H,39,50)(H,40,48)(H,41,52)(H,42,49)(H,43,51)(H,46,47)(H,54,55)/t19-,21-,22-,23-,24-,25-,28-/m0/s1. The molecule has 55 heavy (non-hydrogen) atoms. The number of carboxylic acid groups (broad SMARTS) is 2. The fourth-order valence-electron chi connectivity index (χ4n) is 5.05. The monoisotopic (exact) mass is 778 g/mol. The highest BCUT2D eigenvalue weighted by Gasteiger charge is 2.35. The Balaban J connectivity index is 3.18. The molecular weight excluding hydrogens is 724 g/mol. The van der Waals surface area contributed by atoms with E-state index in [-0.39, 0.29) is 25.2 Å². The fraction of sp³-hybridized carbons (Fsp3) is 0.571. The molecule has 0 saturated carbocycles. The molecule has 0 bridgehead atoms. The van der Waals surface area contributed by atoms with Gasteiger partial charge in [-0.3, -0.25) is 43.2 Å². The van der Waals surface area contributed by atoms with Crippen LogP contribution < -0.4 is 43.4 Å². The van der Waals surface area contributed by atoms with E-state index in [2.05, 4.69) is 31.9 Å². The molecule has 0 unspecified atom stereocenters. The Kier molecular flexibility index (Phi) is 20.0. The Bertz CT molecular complexity index is 1520. The first-order chi connectivity index (χ1) is 25.7. The molecule has 0 aliphatic carbocycles. The third kappa shape index (κ3) is 17.4. The van der Waals surface area contributed by atoms with Crippen molar-refractivity contribution in [2.45, 2.75) is 109 Å². The van der Waals surface area contributed by atoms with Crippen LogP contribution in [0, 0.1) is 11.8 Å². The molecule has 1 aromatic rings. The Morgan fingerprint density at radius 3 is 1.67 bits per heavy atom. The number of benzene rings is 1. The van der Waals surface area contributed by atoms with Gasteiger partial charge in [0.2, 0.25) is 41.4 Å². The van der Waals surface area contributed by atoms with Gasteiger partial charge in [0.15, 0.2) is 0 Å². The molecule has 306 valence electrons. The third-order valence-electron chi connectivity index (χ3n) is 8.09. The van der Waals surface area contributed by atoms with Crippen LogP contribution in [0.25, 0.3) is 0 Å². The van der Waals surface area contributed by atoms with E-state index >= 15 is 0 Å². The second kappa shape index (κ2) is 23.2. The molecule has 0 aromatic heterocycles. The highest BCUT2D eigenvalue weighted by Crippen LogP contribution is 2.10. The minimum atomic E-state index is -1.85. The Morgan fingerprint density at radius 1 is 0.655 bits per heavy atom. The molecule has 0 radical (unpaired) electrons. The van der Waals surface area contributed by atoms with Gasteiger partial charge in [-0.15, -0.1) is 0 Å². The second-order valence-corrected chi connectivity index (χ2v) is 13.8. The number of carbonyl (C=O) groups excluding carboxylic acids is 7. The van der Waals surface area contributed by atoms with Crippen LogP contribution >= 0.6 is 0 Å². The van der Waals surface area contributed by atoms with Gasteiger partial charge in [0.25, 0.3) is 0 Å². The van der Waals surface area contributed by atoms with Gasteiger partial charge in [-0.05, 0) is 43.6 Å². The lowest BCUT2D eigenvalue weighted by molar-refractivity contribution is -0.143.